The SMILES string of the molecule is CC(C)Cc1cc(CNC(=O)CN2CCN(C[C@H](O)COc3ccc(F)cc3)CC2)nn1-c1cc(Cl)cc(Cl)c1. The Balaban J connectivity index is 1.21. The standard InChI is InChI=1S/C29H36Cl2FN5O3/c1-20(2)11-25-15-24(34-37(25)26-13-21(30)12-22(31)14-26)16-33-29(39)18-36-9-7-35(8-10-36)17-27(38)19-40-28-5-3-23(32)4-6-28/h3-6,12-15,20,27,38H,7-11,16-19H2,1-2H3,(H,33,39)/t27-/m0/s1. The number of carbonyl (C=O) groups excluding carboxylic acids is 1. The van der Waals surface area contributed by atoms with E-state index in [4.69, 9.17) is 33.0 Å². The number of hydrogen-bond donors (Lipinski definition) is 2. The van der Waals surface area contributed by atoms with Crippen LogP contribution < -0.4 is 10.1 Å². The number of hydrogen-bond acceptors (Lipinski definition) is 6. The second-order valence-corrected chi connectivity index (χ2v) is 11.4. The molecule has 1 saturated heterocycles. The highest BCUT2D eigenvalue weighted by atomic mass is 35.5. The van der Waals surface area contributed by atoms with Crippen molar-refractivity contribution in [3.8, 4) is 11.4 Å². The Hall–Kier alpha value is -2.69. The summed E-state index contributed by atoms with van der Waals surface area (Å²) in [6, 6.07) is 13.1. The van der Waals surface area contributed by atoms with Crippen LogP contribution in [0.25, 0.3) is 5.69 Å². The number of rotatable bonds is 12. The molecule has 0 radical (unpaired) electrons. The lowest BCUT2D eigenvalue weighted by Gasteiger charge is -2.35. The zero-order valence-corrected chi connectivity index (χ0v) is 24.3. The third-order valence-electron chi connectivity index (χ3n) is 6.57. The van der Waals surface area contributed by atoms with Gasteiger partial charge < -0.3 is 15.2 Å². The van der Waals surface area contributed by atoms with Crippen molar-refractivity contribution in [2.45, 2.75) is 32.9 Å². The summed E-state index contributed by atoms with van der Waals surface area (Å²) in [5.74, 6) is 0.556. The molecule has 2 heterocycles. The van der Waals surface area contributed by atoms with Gasteiger partial charge in [0.2, 0.25) is 5.91 Å². The second kappa shape index (κ2) is 14.3. The highest BCUT2D eigenvalue weighted by molar-refractivity contribution is 6.34. The first kappa shape index (κ1) is 30.3. The van der Waals surface area contributed by atoms with Crippen LogP contribution in [0.15, 0.2) is 48.5 Å². The molecule has 0 saturated carbocycles. The van der Waals surface area contributed by atoms with Crippen LogP contribution in [-0.4, -0.2) is 82.6 Å². The van der Waals surface area contributed by atoms with Crippen LogP contribution in [0.2, 0.25) is 10.0 Å². The van der Waals surface area contributed by atoms with Crippen LogP contribution in [0.3, 0.4) is 0 Å². The average Bonchev–Trinajstić information content (AvgIpc) is 3.30. The normalized spacial score (nSPS) is 15.4. The molecule has 3 aromatic rings. The molecule has 2 N–H and O–H groups in total. The number of nitrogens with zero attached hydrogens (tertiary/aromatic N) is 4. The Bertz CT molecular complexity index is 1240. The number of aromatic nitrogens is 2. The van der Waals surface area contributed by atoms with Crippen molar-refractivity contribution in [2.24, 2.45) is 5.92 Å². The van der Waals surface area contributed by atoms with Crippen LogP contribution in [0.5, 0.6) is 5.75 Å². The highest BCUT2D eigenvalue weighted by Gasteiger charge is 2.21. The number of piperazine rings is 1. The highest BCUT2D eigenvalue weighted by Crippen LogP contribution is 2.24. The molecule has 2 aromatic carbocycles. The molecule has 0 aliphatic carbocycles. The van der Waals surface area contributed by atoms with E-state index in [1.165, 1.54) is 24.3 Å². The van der Waals surface area contributed by atoms with E-state index >= 15 is 0 Å². The lowest BCUT2D eigenvalue weighted by atomic mass is 10.1. The summed E-state index contributed by atoms with van der Waals surface area (Å²) >= 11 is 12.4. The maximum Gasteiger partial charge on any atom is 0.234 e. The third kappa shape index (κ3) is 9.17. The summed E-state index contributed by atoms with van der Waals surface area (Å²) < 4.78 is 20.4. The molecule has 0 unspecified atom stereocenters. The van der Waals surface area contributed by atoms with E-state index in [-0.39, 0.29) is 18.3 Å². The van der Waals surface area contributed by atoms with E-state index in [0.717, 1.165) is 49.7 Å². The van der Waals surface area contributed by atoms with Crippen molar-refractivity contribution in [2.75, 3.05) is 45.9 Å². The van der Waals surface area contributed by atoms with Crippen LogP contribution in [-0.2, 0) is 17.8 Å². The number of ether oxygens (including phenoxy) is 1. The molecule has 11 heteroatoms. The van der Waals surface area contributed by atoms with Gasteiger partial charge in [-0.2, -0.15) is 5.10 Å². The van der Waals surface area contributed by atoms with E-state index in [1.54, 1.807) is 6.07 Å². The van der Waals surface area contributed by atoms with Gasteiger partial charge in [-0.1, -0.05) is 37.0 Å². The minimum atomic E-state index is -0.664. The molecule has 1 aromatic heterocycles. The fourth-order valence-corrected chi connectivity index (χ4v) is 5.18. The third-order valence-corrected chi connectivity index (χ3v) is 7.00. The Kier molecular flexibility index (Phi) is 10.8. The van der Waals surface area contributed by atoms with Gasteiger partial charge in [-0.3, -0.25) is 14.6 Å². The number of nitrogens with one attached hydrogen (secondary N) is 1. The van der Waals surface area contributed by atoms with Gasteiger partial charge in [-0.15, -0.1) is 0 Å². The van der Waals surface area contributed by atoms with Gasteiger partial charge >= 0.3 is 0 Å². The smallest absolute Gasteiger partial charge is 0.234 e. The molecule has 1 amide bonds. The largest absolute Gasteiger partial charge is 0.491 e. The van der Waals surface area contributed by atoms with Crippen LogP contribution in [0.4, 0.5) is 4.39 Å². The van der Waals surface area contributed by atoms with Crippen molar-refractivity contribution in [1.29, 1.82) is 0 Å². The number of β-amino-alcohol motifs (C(OH)–C–C–N with tert-alkyl or cyclic N) is 1. The van der Waals surface area contributed by atoms with Gasteiger partial charge in [0, 0.05) is 48.5 Å². The van der Waals surface area contributed by atoms with E-state index in [0.29, 0.717) is 41.3 Å². The minimum Gasteiger partial charge on any atom is -0.491 e. The van der Waals surface area contributed by atoms with Gasteiger partial charge in [0.15, 0.2) is 0 Å². The van der Waals surface area contributed by atoms with Crippen molar-refractivity contribution < 1.29 is 19.0 Å². The van der Waals surface area contributed by atoms with Crippen molar-refractivity contribution in [1.82, 2.24) is 24.9 Å². The summed E-state index contributed by atoms with van der Waals surface area (Å²) in [7, 11) is 0. The number of carbonyl (C=O) groups is 1. The van der Waals surface area contributed by atoms with Gasteiger partial charge in [0.25, 0.3) is 0 Å². The Labute approximate surface area is 244 Å². The molecule has 1 aliphatic heterocycles. The zero-order valence-electron chi connectivity index (χ0n) is 22.8. The van der Waals surface area contributed by atoms with Crippen molar-refractivity contribution in [3.63, 3.8) is 0 Å². The van der Waals surface area contributed by atoms with Gasteiger partial charge in [-0.05, 0) is 60.9 Å². The molecule has 216 valence electrons. The van der Waals surface area contributed by atoms with Crippen molar-refractivity contribution in [3.05, 3.63) is 75.8 Å². The first-order chi connectivity index (χ1) is 19.1. The first-order valence-corrected chi connectivity index (χ1v) is 14.2. The second-order valence-electron chi connectivity index (χ2n) is 10.5. The molecule has 1 aliphatic rings. The summed E-state index contributed by atoms with van der Waals surface area (Å²) in [5.41, 5.74) is 2.58. The van der Waals surface area contributed by atoms with Crippen molar-refractivity contribution >= 4 is 29.1 Å². The maximum atomic E-state index is 13.0. The lowest BCUT2D eigenvalue weighted by Crippen LogP contribution is -2.51. The Morgan fingerprint density at radius 2 is 1.70 bits per heavy atom. The molecule has 8 nitrogen and oxygen atoms in total. The van der Waals surface area contributed by atoms with E-state index in [1.807, 2.05) is 22.9 Å². The van der Waals surface area contributed by atoms with Crippen LogP contribution in [0.1, 0.15) is 25.2 Å². The predicted molar refractivity (Wildman–Crippen MR) is 155 cm³/mol. The molecule has 40 heavy (non-hydrogen) atoms. The molecule has 0 spiro atoms. The molecular weight excluding hydrogens is 556 g/mol. The molecule has 0 bridgehead atoms. The summed E-state index contributed by atoms with van der Waals surface area (Å²) in [6.07, 6.45) is 0.158. The number of aliphatic hydroxyl groups is 1. The van der Waals surface area contributed by atoms with Crippen LogP contribution in [0, 0.1) is 11.7 Å². The fourth-order valence-electron chi connectivity index (χ4n) is 4.66. The molecule has 1 atom stereocenters. The topological polar surface area (TPSA) is 82.9 Å². The summed E-state index contributed by atoms with van der Waals surface area (Å²) in [6.45, 7) is 8.45. The van der Waals surface area contributed by atoms with Crippen LogP contribution >= 0.6 is 23.2 Å². The lowest BCUT2D eigenvalue weighted by molar-refractivity contribution is -0.122. The molecule has 1 fully saturated rings. The quantitative estimate of drug-likeness (QED) is 0.329. The number of amides is 1. The predicted octanol–water partition coefficient (Wildman–Crippen LogP) is 4.19. The van der Waals surface area contributed by atoms with E-state index in [9.17, 15) is 14.3 Å². The Morgan fingerprint density at radius 1 is 1.05 bits per heavy atom. The average molecular weight is 593 g/mol. The summed E-state index contributed by atoms with van der Waals surface area (Å²) in [5, 5.41) is 19.1. The summed E-state index contributed by atoms with van der Waals surface area (Å²) in [4.78, 5) is 16.9. The number of aliphatic hydroxyl groups excluding tert-OH is 1. The van der Waals surface area contributed by atoms with Gasteiger partial charge in [0.1, 0.15) is 24.3 Å². The zero-order chi connectivity index (χ0) is 28.6. The fraction of sp³-hybridized carbons (Fsp3) is 0.448. The van der Waals surface area contributed by atoms with E-state index in [2.05, 4.69) is 29.0 Å². The van der Waals surface area contributed by atoms with E-state index < -0.39 is 6.10 Å². The minimum absolute atomic E-state index is 0.0630. The number of benzene rings is 2. The molecular formula is C29H36Cl2FN5O3. The first-order valence-electron chi connectivity index (χ1n) is 13.5. The van der Waals surface area contributed by atoms with Gasteiger partial charge in [-0.25, -0.2) is 9.07 Å². The monoisotopic (exact) mass is 591 g/mol. The Morgan fingerprint density at radius 3 is 2.35 bits per heavy atom. The van der Waals surface area contributed by atoms with Gasteiger partial charge in [0.05, 0.1) is 24.5 Å². The molecule has 4 rings (SSSR count). The maximum absolute atomic E-state index is 13.0. The number of halogens is 3.